The van der Waals surface area contributed by atoms with Crippen LogP contribution >= 0.6 is 0 Å². The fourth-order valence-corrected chi connectivity index (χ4v) is 3.46. The van der Waals surface area contributed by atoms with Crippen LogP contribution in [0, 0.1) is 13.8 Å². The number of aryl methyl sites for hydroxylation is 3. The number of nitrogens with one attached hydrogen (secondary N) is 1. The number of carbonyl (C=O) groups is 1. The molecule has 1 aliphatic carbocycles. The van der Waals surface area contributed by atoms with E-state index in [4.69, 9.17) is 0 Å². The molecule has 1 aliphatic rings. The summed E-state index contributed by atoms with van der Waals surface area (Å²) in [4.78, 5) is 21.7. The summed E-state index contributed by atoms with van der Waals surface area (Å²) in [6.45, 7) is 3.89. The molecule has 0 saturated heterocycles. The van der Waals surface area contributed by atoms with Crippen LogP contribution in [0.4, 0.5) is 0 Å². The molecule has 2 aromatic carbocycles. The molecule has 1 unspecified atom stereocenters. The zero-order valence-corrected chi connectivity index (χ0v) is 14.5. The quantitative estimate of drug-likeness (QED) is 0.781. The van der Waals surface area contributed by atoms with Gasteiger partial charge in [0, 0.05) is 11.6 Å². The van der Waals surface area contributed by atoms with Crippen LogP contribution in [0.5, 0.6) is 0 Å². The molecule has 0 spiro atoms. The van der Waals surface area contributed by atoms with E-state index in [0.717, 1.165) is 41.7 Å². The van der Waals surface area contributed by atoms with Crippen molar-refractivity contribution < 1.29 is 4.79 Å². The highest BCUT2D eigenvalue weighted by Crippen LogP contribution is 2.21. The van der Waals surface area contributed by atoms with Crippen LogP contribution in [-0.4, -0.2) is 21.9 Å². The molecule has 0 radical (unpaired) electrons. The minimum atomic E-state index is -0.0358. The number of amides is 1. The van der Waals surface area contributed by atoms with Crippen molar-refractivity contribution in [2.75, 3.05) is 0 Å². The minimum absolute atomic E-state index is 0.0358. The maximum Gasteiger partial charge on any atom is 0.251 e. The van der Waals surface area contributed by atoms with Crippen LogP contribution < -0.4 is 5.32 Å². The molecule has 0 fully saturated rings. The largest absolute Gasteiger partial charge is 0.349 e. The summed E-state index contributed by atoms with van der Waals surface area (Å²) >= 11 is 0. The Labute approximate surface area is 147 Å². The number of carbonyl (C=O) groups excluding carboxylic acids is 1. The lowest BCUT2D eigenvalue weighted by atomic mass is 9.88. The summed E-state index contributed by atoms with van der Waals surface area (Å²) < 4.78 is 0. The number of hydrogen-bond donors (Lipinski definition) is 1. The summed E-state index contributed by atoms with van der Waals surface area (Å²) in [5, 5.41) is 3.18. The summed E-state index contributed by atoms with van der Waals surface area (Å²) in [5.41, 5.74) is 6.80. The summed E-state index contributed by atoms with van der Waals surface area (Å²) in [6, 6.07) is 14.2. The van der Waals surface area contributed by atoms with E-state index in [2.05, 4.69) is 39.6 Å². The number of nitrogens with zero attached hydrogens (tertiary/aromatic N) is 2. The van der Waals surface area contributed by atoms with Gasteiger partial charge in [-0.1, -0.05) is 24.3 Å². The molecule has 1 aromatic heterocycles. The van der Waals surface area contributed by atoms with Gasteiger partial charge in [0.05, 0.1) is 22.4 Å². The van der Waals surface area contributed by atoms with E-state index in [1.807, 2.05) is 32.0 Å². The van der Waals surface area contributed by atoms with Gasteiger partial charge < -0.3 is 5.32 Å². The van der Waals surface area contributed by atoms with Crippen molar-refractivity contribution in [2.24, 2.45) is 0 Å². The topological polar surface area (TPSA) is 54.9 Å². The zero-order chi connectivity index (χ0) is 17.4. The fraction of sp³-hybridized carbons (Fsp3) is 0.286. The molecule has 0 aliphatic heterocycles. The van der Waals surface area contributed by atoms with Crippen molar-refractivity contribution in [1.82, 2.24) is 15.3 Å². The highest BCUT2D eigenvalue weighted by Gasteiger charge is 2.20. The molecular weight excluding hydrogens is 310 g/mol. The Morgan fingerprint density at radius 2 is 1.72 bits per heavy atom. The van der Waals surface area contributed by atoms with Gasteiger partial charge in [-0.15, -0.1) is 0 Å². The number of fused-ring (bicyclic) bond motifs is 2. The lowest BCUT2D eigenvalue weighted by Gasteiger charge is -2.25. The second-order valence-corrected chi connectivity index (χ2v) is 6.78. The lowest BCUT2D eigenvalue weighted by Crippen LogP contribution is -2.38. The third-order valence-corrected chi connectivity index (χ3v) is 5.02. The first-order valence-electron chi connectivity index (χ1n) is 8.73. The maximum absolute atomic E-state index is 12.7. The van der Waals surface area contributed by atoms with Gasteiger partial charge in [-0.25, -0.2) is 9.97 Å². The molecule has 25 heavy (non-hydrogen) atoms. The molecule has 126 valence electrons. The number of rotatable bonds is 2. The smallest absolute Gasteiger partial charge is 0.251 e. The average Bonchev–Trinajstić information content (AvgIpc) is 2.62. The summed E-state index contributed by atoms with van der Waals surface area (Å²) in [7, 11) is 0. The van der Waals surface area contributed by atoms with Gasteiger partial charge in [0.2, 0.25) is 0 Å². The third kappa shape index (κ3) is 3.12. The molecule has 4 nitrogen and oxygen atoms in total. The molecule has 1 heterocycles. The van der Waals surface area contributed by atoms with Gasteiger partial charge in [0.25, 0.3) is 5.91 Å². The number of aromatic nitrogens is 2. The molecule has 4 rings (SSSR count). The second-order valence-electron chi connectivity index (χ2n) is 6.78. The Morgan fingerprint density at radius 1 is 1.00 bits per heavy atom. The number of benzene rings is 2. The first-order valence-corrected chi connectivity index (χ1v) is 8.73. The van der Waals surface area contributed by atoms with E-state index in [9.17, 15) is 4.79 Å². The Bertz CT molecular complexity index is 965. The monoisotopic (exact) mass is 331 g/mol. The van der Waals surface area contributed by atoms with E-state index >= 15 is 0 Å². The number of hydrogen-bond acceptors (Lipinski definition) is 3. The Balaban J connectivity index is 1.53. The van der Waals surface area contributed by atoms with Gasteiger partial charge in [-0.05, 0) is 62.4 Å². The van der Waals surface area contributed by atoms with Gasteiger partial charge in [-0.2, -0.15) is 0 Å². The third-order valence-electron chi connectivity index (χ3n) is 5.02. The SMILES string of the molecule is Cc1nc2ccc(C(=O)NC3CCc4ccccc4C3)cc2nc1C. The van der Waals surface area contributed by atoms with Crippen LogP contribution in [0.15, 0.2) is 42.5 Å². The Morgan fingerprint density at radius 3 is 2.52 bits per heavy atom. The van der Waals surface area contributed by atoms with Gasteiger partial charge >= 0.3 is 0 Å². The second kappa shape index (κ2) is 6.28. The molecule has 1 N–H and O–H groups in total. The molecule has 0 bridgehead atoms. The van der Waals surface area contributed by atoms with E-state index in [1.165, 1.54) is 11.1 Å². The minimum Gasteiger partial charge on any atom is -0.349 e. The molecule has 4 heteroatoms. The lowest BCUT2D eigenvalue weighted by molar-refractivity contribution is 0.0934. The van der Waals surface area contributed by atoms with Crippen molar-refractivity contribution in [2.45, 2.75) is 39.2 Å². The molecule has 0 saturated carbocycles. The van der Waals surface area contributed by atoms with Crippen LogP contribution in [0.2, 0.25) is 0 Å². The van der Waals surface area contributed by atoms with Crippen LogP contribution in [-0.2, 0) is 12.8 Å². The van der Waals surface area contributed by atoms with Gasteiger partial charge in [0.1, 0.15) is 0 Å². The molecular formula is C21H21N3O. The van der Waals surface area contributed by atoms with Crippen LogP contribution in [0.1, 0.15) is 39.3 Å². The predicted molar refractivity (Wildman–Crippen MR) is 98.7 cm³/mol. The van der Waals surface area contributed by atoms with Crippen molar-refractivity contribution in [3.05, 3.63) is 70.5 Å². The Kier molecular flexibility index (Phi) is 3.96. The Hall–Kier alpha value is -2.75. The van der Waals surface area contributed by atoms with Crippen molar-refractivity contribution in [3.63, 3.8) is 0 Å². The van der Waals surface area contributed by atoms with Crippen molar-refractivity contribution >= 4 is 16.9 Å². The normalized spacial score (nSPS) is 16.5. The van der Waals surface area contributed by atoms with E-state index < -0.39 is 0 Å². The fourth-order valence-electron chi connectivity index (χ4n) is 3.46. The first kappa shape index (κ1) is 15.8. The maximum atomic E-state index is 12.7. The summed E-state index contributed by atoms with van der Waals surface area (Å²) in [5.74, 6) is -0.0358. The molecule has 1 atom stereocenters. The van der Waals surface area contributed by atoms with Crippen LogP contribution in [0.3, 0.4) is 0 Å². The van der Waals surface area contributed by atoms with E-state index in [0.29, 0.717) is 5.56 Å². The summed E-state index contributed by atoms with van der Waals surface area (Å²) in [6.07, 6.45) is 2.89. The van der Waals surface area contributed by atoms with E-state index in [1.54, 1.807) is 0 Å². The van der Waals surface area contributed by atoms with Gasteiger partial charge in [-0.3, -0.25) is 4.79 Å². The van der Waals surface area contributed by atoms with Gasteiger partial charge in [0.15, 0.2) is 0 Å². The average molecular weight is 331 g/mol. The predicted octanol–water partition coefficient (Wildman–Crippen LogP) is 3.53. The molecule has 3 aromatic rings. The molecule has 1 amide bonds. The van der Waals surface area contributed by atoms with Crippen molar-refractivity contribution in [1.29, 1.82) is 0 Å². The standard InChI is InChI=1S/C21H21N3O/c1-13-14(2)23-20-12-17(8-10-19(20)22-13)21(25)24-18-9-7-15-5-3-4-6-16(15)11-18/h3-6,8,10,12,18H,7,9,11H2,1-2H3,(H,24,25). The van der Waals surface area contributed by atoms with Crippen LogP contribution in [0.25, 0.3) is 11.0 Å². The highest BCUT2D eigenvalue weighted by atomic mass is 16.1. The van der Waals surface area contributed by atoms with Crippen molar-refractivity contribution in [3.8, 4) is 0 Å². The zero-order valence-electron chi connectivity index (χ0n) is 14.5. The highest BCUT2D eigenvalue weighted by molar-refractivity contribution is 5.97. The van der Waals surface area contributed by atoms with E-state index in [-0.39, 0.29) is 11.9 Å². The first-order chi connectivity index (χ1) is 12.1.